The summed E-state index contributed by atoms with van der Waals surface area (Å²) in [6.07, 6.45) is 2.98. The van der Waals surface area contributed by atoms with Gasteiger partial charge in [-0.1, -0.05) is 35.0 Å². The molecule has 0 amide bonds. The standard InChI is InChI=1S/C21H24N3O2/c1-21(2)19(13-16-7-5-4-6-8-16)23-15-24(22-20(23)14-26-21)17-9-11-18(25-3)12-10-17/h4-12,15,19H,13-14H2,1-3H3/q+1/t19-/m0/s1. The summed E-state index contributed by atoms with van der Waals surface area (Å²) in [4.78, 5) is 0. The molecule has 26 heavy (non-hydrogen) atoms. The highest BCUT2D eigenvalue weighted by atomic mass is 16.5. The molecule has 0 fully saturated rings. The lowest BCUT2D eigenvalue weighted by Gasteiger charge is -2.36. The van der Waals surface area contributed by atoms with Gasteiger partial charge in [-0.15, -0.1) is 0 Å². The van der Waals surface area contributed by atoms with Crippen molar-refractivity contribution in [3.63, 3.8) is 0 Å². The minimum atomic E-state index is -0.263. The van der Waals surface area contributed by atoms with E-state index in [1.807, 2.05) is 35.0 Å². The van der Waals surface area contributed by atoms with Gasteiger partial charge in [0.1, 0.15) is 24.1 Å². The summed E-state index contributed by atoms with van der Waals surface area (Å²) in [5.74, 6) is 1.78. The van der Waals surface area contributed by atoms with Gasteiger partial charge in [-0.3, -0.25) is 0 Å². The number of ether oxygens (including phenoxy) is 2. The number of hydrogen-bond donors (Lipinski definition) is 0. The highest BCUT2D eigenvalue weighted by Crippen LogP contribution is 2.30. The van der Waals surface area contributed by atoms with Crippen LogP contribution in [0.15, 0.2) is 60.9 Å². The highest BCUT2D eigenvalue weighted by Gasteiger charge is 2.42. The van der Waals surface area contributed by atoms with Gasteiger partial charge in [0.05, 0.1) is 12.7 Å². The molecular formula is C21H24N3O2+. The Kier molecular flexibility index (Phi) is 4.24. The summed E-state index contributed by atoms with van der Waals surface area (Å²) in [5, 5.41) is 4.75. The van der Waals surface area contributed by atoms with Gasteiger partial charge in [-0.05, 0) is 43.7 Å². The van der Waals surface area contributed by atoms with Crippen LogP contribution in [-0.4, -0.2) is 22.5 Å². The third-order valence-corrected chi connectivity index (χ3v) is 5.08. The van der Waals surface area contributed by atoms with Crippen LogP contribution >= 0.6 is 0 Å². The fraction of sp³-hybridized carbons (Fsp3) is 0.333. The van der Waals surface area contributed by atoms with Gasteiger partial charge in [-0.2, -0.15) is 0 Å². The van der Waals surface area contributed by atoms with Crippen molar-refractivity contribution in [2.24, 2.45) is 0 Å². The summed E-state index contributed by atoms with van der Waals surface area (Å²) in [6.45, 7) is 4.82. The maximum atomic E-state index is 6.15. The van der Waals surface area contributed by atoms with Gasteiger partial charge in [0.15, 0.2) is 0 Å². The van der Waals surface area contributed by atoms with E-state index in [2.05, 4.69) is 49.0 Å². The molecule has 0 saturated heterocycles. The van der Waals surface area contributed by atoms with Crippen molar-refractivity contribution >= 4 is 0 Å². The molecule has 1 atom stereocenters. The predicted molar refractivity (Wildman–Crippen MR) is 98.4 cm³/mol. The van der Waals surface area contributed by atoms with Crippen LogP contribution in [0.5, 0.6) is 5.75 Å². The first-order valence-electron chi connectivity index (χ1n) is 8.89. The molecule has 0 radical (unpaired) electrons. The minimum absolute atomic E-state index is 0.181. The summed E-state index contributed by atoms with van der Waals surface area (Å²) < 4.78 is 15.6. The number of nitrogens with zero attached hydrogens (tertiary/aromatic N) is 3. The molecule has 0 unspecified atom stereocenters. The fourth-order valence-electron chi connectivity index (χ4n) is 3.47. The Balaban J connectivity index is 1.69. The summed E-state index contributed by atoms with van der Waals surface area (Å²) in [7, 11) is 1.67. The quantitative estimate of drug-likeness (QED) is 0.678. The first kappa shape index (κ1) is 16.8. The molecule has 0 N–H and O–H groups in total. The Morgan fingerprint density at radius 3 is 2.58 bits per heavy atom. The molecule has 0 spiro atoms. The van der Waals surface area contributed by atoms with Crippen molar-refractivity contribution in [1.29, 1.82) is 0 Å². The van der Waals surface area contributed by atoms with Gasteiger partial charge in [0.2, 0.25) is 6.33 Å². The Morgan fingerprint density at radius 2 is 1.88 bits per heavy atom. The number of benzene rings is 2. The van der Waals surface area contributed by atoms with Crippen molar-refractivity contribution < 1.29 is 14.0 Å². The molecule has 2 heterocycles. The maximum absolute atomic E-state index is 6.15. The summed E-state index contributed by atoms with van der Waals surface area (Å²) >= 11 is 0. The van der Waals surface area contributed by atoms with Crippen molar-refractivity contribution in [2.75, 3.05) is 7.11 Å². The second-order valence-electron chi connectivity index (χ2n) is 7.18. The first-order chi connectivity index (χ1) is 12.6. The van der Waals surface area contributed by atoms with E-state index in [0.717, 1.165) is 23.7 Å². The van der Waals surface area contributed by atoms with E-state index in [1.54, 1.807) is 7.11 Å². The monoisotopic (exact) mass is 350 g/mol. The van der Waals surface area contributed by atoms with Crippen molar-refractivity contribution in [3.8, 4) is 11.4 Å². The summed E-state index contributed by atoms with van der Waals surface area (Å²) in [5.41, 5.74) is 2.04. The number of fused-ring (bicyclic) bond motifs is 1. The molecule has 4 rings (SSSR count). The average molecular weight is 350 g/mol. The Morgan fingerprint density at radius 1 is 1.15 bits per heavy atom. The van der Waals surface area contributed by atoms with Gasteiger partial charge >= 0.3 is 5.82 Å². The zero-order valence-corrected chi connectivity index (χ0v) is 15.4. The molecule has 0 saturated carbocycles. The molecule has 2 aromatic carbocycles. The molecule has 1 aromatic heterocycles. The zero-order valence-electron chi connectivity index (χ0n) is 15.4. The molecule has 0 bridgehead atoms. The molecule has 5 nitrogen and oxygen atoms in total. The van der Waals surface area contributed by atoms with E-state index in [4.69, 9.17) is 14.6 Å². The summed E-state index contributed by atoms with van der Waals surface area (Å²) in [6, 6.07) is 18.6. The second kappa shape index (κ2) is 6.57. The average Bonchev–Trinajstić information content (AvgIpc) is 3.09. The second-order valence-corrected chi connectivity index (χ2v) is 7.18. The normalized spacial score (nSPS) is 18.3. The van der Waals surface area contributed by atoms with Crippen LogP contribution < -0.4 is 9.30 Å². The largest absolute Gasteiger partial charge is 0.497 e. The Bertz CT molecular complexity index is 885. The Hall–Kier alpha value is -2.66. The molecule has 1 aliphatic rings. The number of rotatable bonds is 4. The van der Waals surface area contributed by atoms with Crippen LogP contribution in [0.25, 0.3) is 5.69 Å². The van der Waals surface area contributed by atoms with Gasteiger partial charge < -0.3 is 9.47 Å². The van der Waals surface area contributed by atoms with Crippen molar-refractivity contribution in [2.45, 2.75) is 38.5 Å². The lowest BCUT2D eigenvalue weighted by atomic mass is 9.91. The van der Waals surface area contributed by atoms with E-state index in [9.17, 15) is 0 Å². The molecule has 3 aromatic rings. The highest BCUT2D eigenvalue weighted by molar-refractivity contribution is 5.36. The van der Waals surface area contributed by atoms with E-state index in [1.165, 1.54) is 5.56 Å². The van der Waals surface area contributed by atoms with Crippen molar-refractivity contribution in [1.82, 2.24) is 9.78 Å². The van der Waals surface area contributed by atoms with Crippen LogP contribution in [0.1, 0.15) is 31.3 Å². The minimum Gasteiger partial charge on any atom is -0.497 e. The zero-order chi connectivity index (χ0) is 18.1. The fourth-order valence-corrected chi connectivity index (χ4v) is 3.47. The molecule has 0 aliphatic carbocycles. The number of methoxy groups -OCH3 is 1. The van der Waals surface area contributed by atoms with Crippen LogP contribution in [0, 0.1) is 0 Å². The SMILES string of the molecule is COc1ccc(-n2c[n+]3c(n2)COC(C)(C)[C@@H]3Cc2ccccc2)cc1. The smallest absolute Gasteiger partial charge is 0.304 e. The molecular weight excluding hydrogens is 326 g/mol. The molecule has 134 valence electrons. The van der Waals surface area contributed by atoms with Crippen LogP contribution in [0.2, 0.25) is 0 Å². The third-order valence-electron chi connectivity index (χ3n) is 5.08. The lowest BCUT2D eigenvalue weighted by Crippen LogP contribution is -2.57. The van der Waals surface area contributed by atoms with Gasteiger partial charge in [0, 0.05) is 11.5 Å². The van der Waals surface area contributed by atoms with E-state index in [-0.39, 0.29) is 11.6 Å². The first-order valence-corrected chi connectivity index (χ1v) is 8.89. The number of hydrogen-bond acceptors (Lipinski definition) is 3. The van der Waals surface area contributed by atoms with E-state index >= 15 is 0 Å². The van der Waals surface area contributed by atoms with E-state index < -0.39 is 0 Å². The third kappa shape index (κ3) is 3.10. The molecule has 5 heteroatoms. The predicted octanol–water partition coefficient (Wildman–Crippen LogP) is 3.26. The molecule has 1 aliphatic heterocycles. The van der Waals surface area contributed by atoms with Crippen molar-refractivity contribution in [3.05, 3.63) is 72.3 Å². The van der Waals surface area contributed by atoms with Gasteiger partial charge in [-0.25, -0.2) is 4.57 Å². The van der Waals surface area contributed by atoms with Gasteiger partial charge in [0.25, 0.3) is 0 Å². The topological polar surface area (TPSA) is 40.2 Å². The number of aromatic nitrogens is 3. The van der Waals surface area contributed by atoms with E-state index in [0.29, 0.717) is 6.61 Å². The van der Waals surface area contributed by atoms with Crippen LogP contribution in [0.3, 0.4) is 0 Å². The lowest BCUT2D eigenvalue weighted by molar-refractivity contribution is -0.757. The van der Waals surface area contributed by atoms with Crippen LogP contribution in [-0.2, 0) is 17.8 Å². The maximum Gasteiger partial charge on any atom is 0.304 e. The Labute approximate surface area is 153 Å². The van der Waals surface area contributed by atoms with Crippen LogP contribution in [0.4, 0.5) is 0 Å².